The third-order valence-electron chi connectivity index (χ3n) is 6.38. The molecule has 186 valence electrons. The molecule has 1 aliphatic rings. The van der Waals surface area contributed by atoms with Gasteiger partial charge in [0.05, 0.1) is 12.6 Å². The van der Waals surface area contributed by atoms with E-state index in [2.05, 4.69) is 83.2 Å². The van der Waals surface area contributed by atoms with E-state index in [1.54, 1.807) is 0 Å². The fraction of sp³-hybridized carbons (Fsp3) is 0.344. The van der Waals surface area contributed by atoms with Crippen molar-refractivity contribution in [2.24, 2.45) is 0 Å². The first-order valence-electron chi connectivity index (χ1n) is 12.7. The molecule has 0 amide bonds. The Morgan fingerprint density at radius 1 is 0.861 bits per heavy atom. The van der Waals surface area contributed by atoms with Gasteiger partial charge in [0.15, 0.2) is 0 Å². The van der Waals surface area contributed by atoms with Crippen LogP contribution in [0.2, 0.25) is 0 Å². The standard InChI is InChI=1S/C32H36N2O2/c1-25-23-34(22-21-33(25)24-30(35)36-32(2,3)4)31(28-13-9-6-10-14-28)29-19-17-27(18-20-29)16-15-26-11-7-5-8-12-26/h5-14,17-20,25,31H,21-24H2,1-4H3/t25?,31-/m0/s1. The Bertz CT molecular complexity index is 1190. The second-order valence-corrected chi connectivity index (χ2v) is 10.5. The summed E-state index contributed by atoms with van der Waals surface area (Å²) < 4.78 is 5.56. The molecule has 1 aliphatic heterocycles. The van der Waals surface area contributed by atoms with Crippen molar-refractivity contribution in [3.05, 3.63) is 107 Å². The van der Waals surface area contributed by atoms with E-state index in [1.807, 2.05) is 51.1 Å². The summed E-state index contributed by atoms with van der Waals surface area (Å²) in [6, 6.07) is 29.7. The van der Waals surface area contributed by atoms with Crippen molar-refractivity contribution in [2.75, 3.05) is 26.2 Å². The normalized spacial score (nSPS) is 17.6. The van der Waals surface area contributed by atoms with Crippen LogP contribution in [0.1, 0.15) is 56.0 Å². The van der Waals surface area contributed by atoms with Crippen molar-refractivity contribution in [3.8, 4) is 11.8 Å². The minimum absolute atomic E-state index is 0.147. The van der Waals surface area contributed by atoms with Gasteiger partial charge in [0.2, 0.25) is 0 Å². The van der Waals surface area contributed by atoms with Crippen LogP contribution in [0.5, 0.6) is 0 Å². The van der Waals surface area contributed by atoms with Gasteiger partial charge in [-0.05, 0) is 63.1 Å². The van der Waals surface area contributed by atoms with Crippen LogP contribution in [0.3, 0.4) is 0 Å². The second kappa shape index (κ2) is 11.6. The van der Waals surface area contributed by atoms with Crippen LogP contribution in [-0.2, 0) is 9.53 Å². The highest BCUT2D eigenvalue weighted by Gasteiger charge is 2.31. The summed E-state index contributed by atoms with van der Waals surface area (Å²) in [5.41, 5.74) is 4.08. The first-order chi connectivity index (χ1) is 17.3. The summed E-state index contributed by atoms with van der Waals surface area (Å²) in [4.78, 5) is 17.2. The average Bonchev–Trinajstić information content (AvgIpc) is 2.85. The maximum Gasteiger partial charge on any atom is 0.320 e. The Morgan fingerprint density at radius 2 is 1.42 bits per heavy atom. The van der Waals surface area contributed by atoms with E-state index in [0.717, 1.165) is 30.8 Å². The van der Waals surface area contributed by atoms with Crippen molar-refractivity contribution in [1.29, 1.82) is 0 Å². The van der Waals surface area contributed by atoms with E-state index in [-0.39, 0.29) is 18.1 Å². The van der Waals surface area contributed by atoms with Crippen molar-refractivity contribution >= 4 is 5.97 Å². The van der Waals surface area contributed by atoms with Crippen LogP contribution in [0, 0.1) is 11.8 Å². The Balaban J connectivity index is 1.50. The molecule has 0 radical (unpaired) electrons. The highest BCUT2D eigenvalue weighted by atomic mass is 16.6. The van der Waals surface area contributed by atoms with Crippen LogP contribution in [0.4, 0.5) is 0 Å². The number of hydrogen-bond donors (Lipinski definition) is 0. The summed E-state index contributed by atoms with van der Waals surface area (Å²) in [5, 5.41) is 0. The predicted molar refractivity (Wildman–Crippen MR) is 146 cm³/mol. The molecule has 0 N–H and O–H groups in total. The van der Waals surface area contributed by atoms with Gasteiger partial charge in [-0.25, -0.2) is 0 Å². The molecular formula is C32H36N2O2. The monoisotopic (exact) mass is 480 g/mol. The fourth-order valence-corrected chi connectivity index (χ4v) is 4.70. The zero-order valence-corrected chi connectivity index (χ0v) is 21.8. The second-order valence-electron chi connectivity index (χ2n) is 10.5. The van der Waals surface area contributed by atoms with E-state index in [9.17, 15) is 4.79 Å². The number of ether oxygens (including phenoxy) is 1. The quantitative estimate of drug-likeness (QED) is 0.355. The SMILES string of the molecule is CC1CN([C@@H](c2ccccc2)c2ccc(C#Cc3ccccc3)cc2)CCN1CC(=O)OC(C)(C)C. The summed E-state index contributed by atoms with van der Waals surface area (Å²) in [6.07, 6.45) is 0. The number of hydrogen-bond acceptors (Lipinski definition) is 4. The molecule has 4 heteroatoms. The van der Waals surface area contributed by atoms with Gasteiger partial charge in [-0.3, -0.25) is 14.6 Å². The molecule has 4 rings (SSSR count). The number of carbonyl (C=O) groups is 1. The molecule has 36 heavy (non-hydrogen) atoms. The van der Waals surface area contributed by atoms with Gasteiger partial charge in [-0.2, -0.15) is 0 Å². The number of benzene rings is 3. The molecule has 0 spiro atoms. The van der Waals surface area contributed by atoms with Crippen molar-refractivity contribution in [3.63, 3.8) is 0 Å². The summed E-state index contributed by atoms with van der Waals surface area (Å²) in [6.45, 7) is 10.8. The zero-order valence-electron chi connectivity index (χ0n) is 21.8. The smallest absolute Gasteiger partial charge is 0.320 e. The van der Waals surface area contributed by atoms with E-state index in [0.29, 0.717) is 6.54 Å². The topological polar surface area (TPSA) is 32.8 Å². The van der Waals surface area contributed by atoms with E-state index in [4.69, 9.17) is 4.74 Å². The molecule has 1 unspecified atom stereocenters. The highest BCUT2D eigenvalue weighted by molar-refractivity contribution is 5.72. The molecule has 1 fully saturated rings. The molecule has 1 saturated heterocycles. The van der Waals surface area contributed by atoms with E-state index >= 15 is 0 Å². The molecular weight excluding hydrogens is 444 g/mol. The minimum atomic E-state index is -0.460. The lowest BCUT2D eigenvalue weighted by molar-refractivity contribution is -0.157. The van der Waals surface area contributed by atoms with Gasteiger partial charge >= 0.3 is 5.97 Å². The Morgan fingerprint density at radius 3 is 2.00 bits per heavy atom. The predicted octanol–water partition coefficient (Wildman–Crippen LogP) is 5.52. The summed E-state index contributed by atoms with van der Waals surface area (Å²) in [5.74, 6) is 6.36. The average molecular weight is 481 g/mol. The molecule has 3 aromatic rings. The lowest BCUT2D eigenvalue weighted by Crippen LogP contribution is -2.54. The van der Waals surface area contributed by atoms with E-state index < -0.39 is 5.60 Å². The number of esters is 1. The lowest BCUT2D eigenvalue weighted by Gasteiger charge is -2.43. The van der Waals surface area contributed by atoms with E-state index in [1.165, 1.54) is 11.1 Å². The third-order valence-corrected chi connectivity index (χ3v) is 6.38. The Labute approximate surface area is 215 Å². The molecule has 0 bridgehead atoms. The van der Waals surface area contributed by atoms with Crippen LogP contribution in [0.25, 0.3) is 0 Å². The summed E-state index contributed by atoms with van der Waals surface area (Å²) >= 11 is 0. The molecule has 0 aliphatic carbocycles. The van der Waals surface area contributed by atoms with Crippen LogP contribution < -0.4 is 0 Å². The van der Waals surface area contributed by atoms with Crippen molar-refractivity contribution in [2.45, 2.75) is 45.4 Å². The number of rotatable bonds is 5. The third kappa shape index (κ3) is 7.07. The first kappa shape index (κ1) is 25.7. The Kier molecular flexibility index (Phi) is 8.25. The molecule has 0 saturated carbocycles. The highest BCUT2D eigenvalue weighted by Crippen LogP contribution is 2.31. The molecule has 2 atom stereocenters. The molecule has 1 heterocycles. The lowest BCUT2D eigenvalue weighted by atomic mass is 9.94. The Hall–Kier alpha value is -3.39. The van der Waals surface area contributed by atoms with Gasteiger partial charge in [-0.1, -0.05) is 72.5 Å². The van der Waals surface area contributed by atoms with Crippen LogP contribution in [-0.4, -0.2) is 53.6 Å². The van der Waals surface area contributed by atoms with Gasteiger partial charge in [0, 0.05) is 36.8 Å². The number of nitrogens with zero attached hydrogens (tertiary/aromatic N) is 2. The molecule has 4 nitrogen and oxygen atoms in total. The number of piperazine rings is 1. The van der Waals surface area contributed by atoms with Crippen LogP contribution in [0.15, 0.2) is 84.9 Å². The fourth-order valence-electron chi connectivity index (χ4n) is 4.70. The number of carbonyl (C=O) groups excluding carboxylic acids is 1. The first-order valence-corrected chi connectivity index (χ1v) is 12.7. The maximum absolute atomic E-state index is 12.4. The van der Waals surface area contributed by atoms with Gasteiger partial charge in [-0.15, -0.1) is 0 Å². The summed E-state index contributed by atoms with van der Waals surface area (Å²) in [7, 11) is 0. The molecule has 3 aromatic carbocycles. The molecule has 0 aromatic heterocycles. The largest absolute Gasteiger partial charge is 0.459 e. The van der Waals surface area contributed by atoms with Crippen LogP contribution >= 0.6 is 0 Å². The van der Waals surface area contributed by atoms with Gasteiger partial charge in [0.1, 0.15) is 5.60 Å². The zero-order chi connectivity index (χ0) is 25.5. The minimum Gasteiger partial charge on any atom is -0.459 e. The maximum atomic E-state index is 12.4. The van der Waals surface area contributed by atoms with Crippen molar-refractivity contribution in [1.82, 2.24) is 9.80 Å². The van der Waals surface area contributed by atoms with Gasteiger partial charge < -0.3 is 4.74 Å². The van der Waals surface area contributed by atoms with Gasteiger partial charge in [0.25, 0.3) is 0 Å². The van der Waals surface area contributed by atoms with Crippen molar-refractivity contribution < 1.29 is 9.53 Å².